The second-order valence-corrected chi connectivity index (χ2v) is 4.00. The van der Waals surface area contributed by atoms with E-state index in [1.54, 1.807) is 0 Å². The predicted molar refractivity (Wildman–Crippen MR) is 82.4 cm³/mol. The normalized spacial score (nSPS) is 11.6. The van der Waals surface area contributed by atoms with Gasteiger partial charge in [0.05, 0.1) is 5.69 Å². The van der Waals surface area contributed by atoms with Gasteiger partial charge in [0.15, 0.2) is 0 Å². The van der Waals surface area contributed by atoms with Gasteiger partial charge in [-0.1, -0.05) is 71.1 Å². The van der Waals surface area contributed by atoms with Gasteiger partial charge in [-0.05, 0) is 22.1 Å². The van der Waals surface area contributed by atoms with Crippen molar-refractivity contribution in [1.82, 2.24) is 0 Å². The van der Waals surface area contributed by atoms with Crippen LogP contribution in [0.5, 0.6) is 0 Å². The smallest absolute Gasteiger partial charge is 0.0965 e. The fourth-order valence-electron chi connectivity index (χ4n) is 1.77. The third-order valence-electron chi connectivity index (χ3n) is 2.68. The SMILES string of the molecule is N/N=N\N(/N=N\N)c1ccccc1/C=C/c1ccccc1. The van der Waals surface area contributed by atoms with Crippen molar-refractivity contribution in [2.24, 2.45) is 32.6 Å². The van der Waals surface area contributed by atoms with Gasteiger partial charge in [0.1, 0.15) is 0 Å². The number of nitrogens with zero attached hydrogens (tertiary/aromatic N) is 5. The summed E-state index contributed by atoms with van der Waals surface area (Å²) < 4.78 is 0. The van der Waals surface area contributed by atoms with Crippen LogP contribution in [-0.2, 0) is 0 Å². The quantitative estimate of drug-likeness (QED) is 0.380. The molecule has 7 heteroatoms. The molecule has 0 unspecified atom stereocenters. The highest BCUT2D eigenvalue weighted by molar-refractivity contribution is 5.76. The summed E-state index contributed by atoms with van der Waals surface area (Å²) in [5, 5.41) is 14.9. The number of benzene rings is 2. The van der Waals surface area contributed by atoms with E-state index in [1.807, 2.05) is 66.7 Å². The highest BCUT2D eigenvalue weighted by Gasteiger charge is 2.08. The molecule has 2 rings (SSSR count). The largest absolute Gasteiger partial charge is 0.303 e. The van der Waals surface area contributed by atoms with Crippen molar-refractivity contribution in [2.45, 2.75) is 0 Å². The average molecular weight is 281 g/mol. The molecule has 2 aromatic carbocycles. The molecule has 0 aromatic heterocycles. The zero-order valence-electron chi connectivity index (χ0n) is 11.2. The third kappa shape index (κ3) is 3.87. The maximum atomic E-state index is 5.07. The molecule has 0 fully saturated rings. The molecule has 0 saturated carbocycles. The van der Waals surface area contributed by atoms with Gasteiger partial charge < -0.3 is 11.7 Å². The summed E-state index contributed by atoms with van der Waals surface area (Å²) in [5.41, 5.74) is 2.62. The van der Waals surface area contributed by atoms with Crippen LogP contribution >= 0.6 is 0 Å². The molecule has 0 radical (unpaired) electrons. The maximum Gasteiger partial charge on any atom is 0.0965 e. The summed E-state index contributed by atoms with van der Waals surface area (Å²) in [6.45, 7) is 0. The Hall–Kier alpha value is -3.22. The fourth-order valence-corrected chi connectivity index (χ4v) is 1.77. The molecule has 0 atom stereocenters. The van der Waals surface area contributed by atoms with E-state index in [2.05, 4.69) is 20.9 Å². The second kappa shape index (κ2) is 7.39. The Kier molecular flexibility index (Phi) is 4.99. The molecule has 0 aliphatic rings. The minimum Gasteiger partial charge on any atom is -0.303 e. The van der Waals surface area contributed by atoms with Crippen LogP contribution in [0.15, 0.2) is 75.5 Å². The number of hydrogen-bond donors (Lipinski definition) is 2. The molecule has 0 aliphatic heterocycles. The van der Waals surface area contributed by atoms with E-state index in [1.165, 1.54) is 0 Å². The van der Waals surface area contributed by atoms with Crippen LogP contribution < -0.4 is 16.8 Å². The first-order valence-corrected chi connectivity index (χ1v) is 6.19. The monoisotopic (exact) mass is 281 g/mol. The van der Waals surface area contributed by atoms with Gasteiger partial charge in [-0.15, -0.1) is 5.12 Å². The molecule has 0 saturated heterocycles. The summed E-state index contributed by atoms with van der Waals surface area (Å²) in [5.74, 6) is 10.1. The first-order chi connectivity index (χ1) is 10.3. The Morgan fingerprint density at radius 3 is 2.05 bits per heavy atom. The van der Waals surface area contributed by atoms with E-state index < -0.39 is 0 Å². The molecule has 21 heavy (non-hydrogen) atoms. The van der Waals surface area contributed by atoms with Gasteiger partial charge in [0.25, 0.3) is 0 Å². The van der Waals surface area contributed by atoms with E-state index in [9.17, 15) is 0 Å². The van der Waals surface area contributed by atoms with Crippen molar-refractivity contribution >= 4 is 17.8 Å². The molecule has 0 aliphatic carbocycles. The zero-order chi connectivity index (χ0) is 14.9. The van der Waals surface area contributed by atoms with E-state index in [0.717, 1.165) is 16.2 Å². The Morgan fingerprint density at radius 1 is 0.762 bits per heavy atom. The van der Waals surface area contributed by atoms with Crippen LogP contribution in [-0.4, -0.2) is 0 Å². The van der Waals surface area contributed by atoms with Crippen LogP contribution in [0.1, 0.15) is 11.1 Å². The van der Waals surface area contributed by atoms with Crippen molar-refractivity contribution in [3.05, 3.63) is 65.7 Å². The van der Waals surface area contributed by atoms with Crippen LogP contribution in [0.3, 0.4) is 0 Å². The van der Waals surface area contributed by atoms with Crippen LogP contribution in [0.4, 0.5) is 5.69 Å². The third-order valence-corrected chi connectivity index (χ3v) is 2.68. The summed E-state index contributed by atoms with van der Waals surface area (Å²) >= 11 is 0. The van der Waals surface area contributed by atoms with Gasteiger partial charge in [0, 0.05) is 5.56 Å². The van der Waals surface area contributed by atoms with Crippen molar-refractivity contribution in [2.75, 3.05) is 5.12 Å². The number of anilines is 1. The van der Waals surface area contributed by atoms with Gasteiger partial charge in [-0.2, -0.15) is 0 Å². The maximum absolute atomic E-state index is 5.07. The molecule has 106 valence electrons. The summed E-state index contributed by atoms with van der Waals surface area (Å²) in [4.78, 5) is 0. The highest BCUT2D eigenvalue weighted by atomic mass is 15.8. The van der Waals surface area contributed by atoms with Crippen LogP contribution in [0.25, 0.3) is 12.2 Å². The van der Waals surface area contributed by atoms with Crippen molar-refractivity contribution in [1.29, 1.82) is 0 Å². The van der Waals surface area contributed by atoms with Gasteiger partial charge >= 0.3 is 0 Å². The topological polar surface area (TPSA) is 105 Å². The molecular weight excluding hydrogens is 266 g/mol. The Bertz CT molecular complexity index is 637. The Labute approximate surface area is 122 Å². The lowest BCUT2D eigenvalue weighted by Crippen LogP contribution is -2.09. The Morgan fingerprint density at radius 2 is 1.38 bits per heavy atom. The van der Waals surface area contributed by atoms with Gasteiger partial charge in [-0.3, -0.25) is 0 Å². The first kappa shape index (κ1) is 14.2. The van der Waals surface area contributed by atoms with Gasteiger partial charge in [-0.25, -0.2) is 0 Å². The van der Waals surface area contributed by atoms with Gasteiger partial charge in [0.2, 0.25) is 0 Å². The number of para-hydroxylation sites is 1. The standard InChI is InChI=1S/C14H15N7/c15-17-19-21(20-18-16)14-9-5-4-8-13(14)11-10-12-6-2-1-3-7-12/h1-11H,(H2,15,19)(H2,16,20)/b11-10+. The zero-order valence-corrected chi connectivity index (χ0v) is 11.2. The lowest BCUT2D eigenvalue weighted by Gasteiger charge is -2.11. The van der Waals surface area contributed by atoms with Crippen LogP contribution in [0, 0.1) is 0 Å². The number of nitrogens with two attached hydrogens (primary N) is 2. The molecular formula is C14H15N7. The molecule has 0 amide bonds. The molecule has 0 spiro atoms. The minimum atomic E-state index is 0.660. The second-order valence-electron chi connectivity index (χ2n) is 4.00. The molecule has 7 nitrogen and oxygen atoms in total. The van der Waals surface area contributed by atoms with E-state index in [4.69, 9.17) is 11.7 Å². The lowest BCUT2D eigenvalue weighted by molar-refractivity contribution is 0.755. The van der Waals surface area contributed by atoms with E-state index >= 15 is 0 Å². The number of rotatable bonds is 5. The van der Waals surface area contributed by atoms with E-state index in [0.29, 0.717) is 5.69 Å². The van der Waals surface area contributed by atoms with Crippen molar-refractivity contribution in [3.8, 4) is 0 Å². The lowest BCUT2D eigenvalue weighted by atomic mass is 10.1. The van der Waals surface area contributed by atoms with Crippen LogP contribution in [0.2, 0.25) is 0 Å². The summed E-state index contributed by atoms with van der Waals surface area (Å²) in [6.07, 6.45) is 3.92. The molecule has 0 bridgehead atoms. The van der Waals surface area contributed by atoms with Crippen molar-refractivity contribution < 1.29 is 0 Å². The summed E-state index contributed by atoms with van der Waals surface area (Å²) in [7, 11) is 0. The van der Waals surface area contributed by atoms with Crippen molar-refractivity contribution in [3.63, 3.8) is 0 Å². The predicted octanol–water partition coefficient (Wildman–Crippen LogP) is 3.15. The molecule has 0 heterocycles. The highest BCUT2D eigenvalue weighted by Crippen LogP contribution is 2.23. The number of hydrogen-bond acceptors (Lipinski definition) is 4. The Balaban J connectivity index is 2.34. The first-order valence-electron chi connectivity index (χ1n) is 6.19. The fraction of sp³-hybridized carbons (Fsp3) is 0. The minimum absolute atomic E-state index is 0.660. The molecule has 4 N–H and O–H groups in total. The van der Waals surface area contributed by atoms with E-state index in [-0.39, 0.29) is 0 Å². The molecule has 2 aromatic rings. The summed E-state index contributed by atoms with van der Waals surface area (Å²) in [6, 6.07) is 17.4. The average Bonchev–Trinajstić information content (AvgIpc) is 2.54.